The van der Waals surface area contributed by atoms with Crippen molar-refractivity contribution in [2.75, 3.05) is 24.4 Å². The molecule has 0 saturated carbocycles. The van der Waals surface area contributed by atoms with Gasteiger partial charge in [0.05, 0.1) is 18.5 Å². The SMILES string of the molecule is COc1ccc(NC(C)=O)cc1NC(=O)Cn1nc(C)c(CCO)c1C. The molecule has 0 atom stereocenters. The van der Waals surface area contributed by atoms with E-state index in [-0.39, 0.29) is 25.0 Å². The number of amides is 2. The summed E-state index contributed by atoms with van der Waals surface area (Å²) in [5, 5.41) is 19.0. The zero-order valence-corrected chi connectivity index (χ0v) is 15.4. The third kappa shape index (κ3) is 4.60. The van der Waals surface area contributed by atoms with Crippen LogP contribution >= 0.6 is 0 Å². The number of hydrogen-bond acceptors (Lipinski definition) is 5. The number of hydrogen-bond donors (Lipinski definition) is 3. The smallest absolute Gasteiger partial charge is 0.246 e. The summed E-state index contributed by atoms with van der Waals surface area (Å²) in [6.45, 7) is 5.20. The molecule has 26 heavy (non-hydrogen) atoms. The maximum atomic E-state index is 12.4. The molecular weight excluding hydrogens is 336 g/mol. The number of methoxy groups -OCH3 is 1. The molecule has 2 aromatic rings. The van der Waals surface area contributed by atoms with Gasteiger partial charge in [-0.2, -0.15) is 5.10 Å². The summed E-state index contributed by atoms with van der Waals surface area (Å²) in [7, 11) is 1.51. The Balaban J connectivity index is 2.17. The van der Waals surface area contributed by atoms with Gasteiger partial charge in [0.1, 0.15) is 12.3 Å². The fourth-order valence-corrected chi connectivity index (χ4v) is 2.77. The zero-order valence-electron chi connectivity index (χ0n) is 15.4. The average molecular weight is 360 g/mol. The Morgan fingerprint density at radius 2 is 2.00 bits per heavy atom. The standard InChI is InChI=1S/C18H24N4O4/c1-11-15(7-8-23)12(2)22(21-11)10-18(25)20-16-9-14(19-13(3)24)5-6-17(16)26-4/h5-6,9,23H,7-8,10H2,1-4H3,(H,19,24)(H,20,25). The number of anilines is 2. The first-order valence-corrected chi connectivity index (χ1v) is 8.25. The number of nitrogens with zero attached hydrogens (tertiary/aromatic N) is 2. The number of carbonyl (C=O) groups is 2. The molecule has 0 aliphatic heterocycles. The minimum absolute atomic E-state index is 0.0334. The van der Waals surface area contributed by atoms with E-state index in [1.165, 1.54) is 14.0 Å². The van der Waals surface area contributed by atoms with Gasteiger partial charge in [-0.15, -0.1) is 0 Å². The van der Waals surface area contributed by atoms with E-state index in [1.54, 1.807) is 22.9 Å². The lowest BCUT2D eigenvalue weighted by molar-refractivity contribution is -0.117. The predicted octanol–water partition coefficient (Wildman–Crippen LogP) is 1.64. The van der Waals surface area contributed by atoms with Crippen LogP contribution in [0.3, 0.4) is 0 Å². The third-order valence-corrected chi connectivity index (χ3v) is 3.98. The van der Waals surface area contributed by atoms with E-state index in [2.05, 4.69) is 15.7 Å². The van der Waals surface area contributed by atoms with E-state index < -0.39 is 0 Å². The normalized spacial score (nSPS) is 10.5. The lowest BCUT2D eigenvalue weighted by Gasteiger charge is -2.13. The summed E-state index contributed by atoms with van der Waals surface area (Å²) in [4.78, 5) is 23.7. The number of carbonyl (C=O) groups excluding carboxylic acids is 2. The molecule has 0 aliphatic carbocycles. The molecule has 8 heteroatoms. The molecular formula is C18H24N4O4. The van der Waals surface area contributed by atoms with Gasteiger partial charge in [0.2, 0.25) is 11.8 Å². The average Bonchev–Trinajstić information content (AvgIpc) is 2.82. The number of ether oxygens (including phenoxy) is 1. The molecule has 3 N–H and O–H groups in total. The van der Waals surface area contributed by atoms with Crippen molar-refractivity contribution in [2.45, 2.75) is 33.7 Å². The largest absolute Gasteiger partial charge is 0.495 e. The Morgan fingerprint density at radius 3 is 2.62 bits per heavy atom. The molecule has 0 aliphatic rings. The van der Waals surface area contributed by atoms with Gasteiger partial charge in [0.25, 0.3) is 0 Å². The number of benzene rings is 1. The molecule has 0 radical (unpaired) electrons. The Bertz CT molecular complexity index is 814. The Hall–Kier alpha value is -2.87. The van der Waals surface area contributed by atoms with Crippen molar-refractivity contribution in [2.24, 2.45) is 0 Å². The van der Waals surface area contributed by atoms with E-state index in [1.807, 2.05) is 13.8 Å². The third-order valence-electron chi connectivity index (χ3n) is 3.98. The summed E-state index contributed by atoms with van der Waals surface area (Å²) in [5.41, 5.74) is 3.62. The fraction of sp³-hybridized carbons (Fsp3) is 0.389. The van der Waals surface area contributed by atoms with Gasteiger partial charge in [-0.25, -0.2) is 0 Å². The van der Waals surface area contributed by atoms with Crippen LogP contribution in [0.5, 0.6) is 5.75 Å². The molecule has 0 spiro atoms. The molecule has 2 rings (SSSR count). The predicted molar refractivity (Wildman–Crippen MR) is 98.4 cm³/mol. The van der Waals surface area contributed by atoms with Crippen LogP contribution in [0, 0.1) is 13.8 Å². The van der Waals surface area contributed by atoms with Crippen molar-refractivity contribution in [3.8, 4) is 5.75 Å². The van der Waals surface area contributed by atoms with Crippen molar-refractivity contribution in [3.63, 3.8) is 0 Å². The maximum Gasteiger partial charge on any atom is 0.246 e. The lowest BCUT2D eigenvalue weighted by Crippen LogP contribution is -2.21. The first kappa shape index (κ1) is 19.5. The maximum absolute atomic E-state index is 12.4. The van der Waals surface area contributed by atoms with Crippen LogP contribution in [0.25, 0.3) is 0 Å². The number of aliphatic hydroxyl groups excluding tert-OH is 1. The zero-order chi connectivity index (χ0) is 19.3. The number of rotatable bonds is 7. The molecule has 1 heterocycles. The van der Waals surface area contributed by atoms with Gasteiger partial charge < -0.3 is 20.5 Å². The second-order valence-corrected chi connectivity index (χ2v) is 5.93. The van der Waals surface area contributed by atoms with E-state index in [9.17, 15) is 9.59 Å². The highest BCUT2D eigenvalue weighted by molar-refractivity contribution is 5.94. The lowest BCUT2D eigenvalue weighted by atomic mass is 10.1. The highest BCUT2D eigenvalue weighted by Crippen LogP contribution is 2.28. The molecule has 1 aromatic carbocycles. The van der Waals surface area contributed by atoms with E-state index in [4.69, 9.17) is 9.84 Å². The van der Waals surface area contributed by atoms with Crippen LogP contribution in [0.15, 0.2) is 18.2 Å². The molecule has 0 bridgehead atoms. The number of nitrogens with one attached hydrogen (secondary N) is 2. The summed E-state index contributed by atoms with van der Waals surface area (Å²) >= 11 is 0. The molecule has 8 nitrogen and oxygen atoms in total. The molecule has 0 saturated heterocycles. The molecule has 1 aromatic heterocycles. The molecule has 0 fully saturated rings. The summed E-state index contributed by atoms with van der Waals surface area (Å²) in [6, 6.07) is 5.00. The van der Waals surface area contributed by atoms with Crippen molar-refractivity contribution >= 4 is 23.2 Å². The Labute approximate surface area is 152 Å². The van der Waals surface area contributed by atoms with E-state index in [0.29, 0.717) is 23.5 Å². The summed E-state index contributed by atoms with van der Waals surface area (Å²) in [5.74, 6) is 0.0118. The van der Waals surface area contributed by atoms with Crippen molar-refractivity contribution in [1.29, 1.82) is 0 Å². The van der Waals surface area contributed by atoms with Crippen LogP contribution in [-0.2, 0) is 22.6 Å². The summed E-state index contributed by atoms with van der Waals surface area (Å²) < 4.78 is 6.87. The number of aromatic nitrogens is 2. The molecule has 0 unspecified atom stereocenters. The van der Waals surface area contributed by atoms with Gasteiger partial charge in [0.15, 0.2) is 0 Å². The van der Waals surface area contributed by atoms with Gasteiger partial charge in [-0.05, 0) is 44.0 Å². The number of aliphatic hydroxyl groups is 1. The highest BCUT2D eigenvalue weighted by Gasteiger charge is 2.15. The highest BCUT2D eigenvalue weighted by atomic mass is 16.5. The summed E-state index contributed by atoms with van der Waals surface area (Å²) in [6.07, 6.45) is 0.506. The quantitative estimate of drug-likeness (QED) is 0.696. The van der Waals surface area contributed by atoms with Crippen LogP contribution in [0.4, 0.5) is 11.4 Å². The second-order valence-electron chi connectivity index (χ2n) is 5.93. The van der Waals surface area contributed by atoms with Gasteiger partial charge in [0, 0.05) is 24.9 Å². The molecule has 2 amide bonds. The van der Waals surface area contributed by atoms with Crippen molar-refractivity contribution in [3.05, 3.63) is 35.2 Å². The molecule has 140 valence electrons. The van der Waals surface area contributed by atoms with Crippen LogP contribution in [0.1, 0.15) is 23.9 Å². The minimum Gasteiger partial charge on any atom is -0.495 e. The van der Waals surface area contributed by atoms with E-state index in [0.717, 1.165) is 17.0 Å². The number of aryl methyl sites for hydroxylation is 1. The second kappa shape index (κ2) is 8.48. The topological polar surface area (TPSA) is 105 Å². The first-order valence-electron chi connectivity index (χ1n) is 8.25. The Kier molecular flexibility index (Phi) is 6.35. The van der Waals surface area contributed by atoms with Crippen LogP contribution < -0.4 is 15.4 Å². The van der Waals surface area contributed by atoms with Gasteiger partial charge in [-0.3, -0.25) is 14.3 Å². The fourth-order valence-electron chi connectivity index (χ4n) is 2.77. The van der Waals surface area contributed by atoms with Crippen molar-refractivity contribution < 1.29 is 19.4 Å². The van der Waals surface area contributed by atoms with E-state index >= 15 is 0 Å². The minimum atomic E-state index is -0.274. The van der Waals surface area contributed by atoms with Crippen molar-refractivity contribution in [1.82, 2.24) is 9.78 Å². The monoisotopic (exact) mass is 360 g/mol. The van der Waals surface area contributed by atoms with Gasteiger partial charge >= 0.3 is 0 Å². The Morgan fingerprint density at radius 1 is 1.27 bits per heavy atom. The van der Waals surface area contributed by atoms with Crippen LogP contribution in [-0.4, -0.2) is 40.4 Å². The first-order chi connectivity index (χ1) is 12.3. The van der Waals surface area contributed by atoms with Crippen LogP contribution in [0.2, 0.25) is 0 Å². The van der Waals surface area contributed by atoms with Gasteiger partial charge in [-0.1, -0.05) is 0 Å².